The van der Waals surface area contributed by atoms with Crippen molar-refractivity contribution in [2.75, 3.05) is 5.73 Å². The first-order valence-electron chi connectivity index (χ1n) is 2.85. The summed E-state index contributed by atoms with van der Waals surface area (Å²) in [4.78, 5) is 10.8. The zero-order chi connectivity index (χ0) is 7.72. The van der Waals surface area contributed by atoms with Crippen molar-refractivity contribution >= 4 is 34.7 Å². The maximum atomic E-state index is 10.8. The van der Waals surface area contributed by atoms with Crippen LogP contribution in [0.2, 0.25) is 0 Å². The molecule has 1 aromatic heterocycles. The summed E-state index contributed by atoms with van der Waals surface area (Å²) in [5, 5.41) is 0.519. The van der Waals surface area contributed by atoms with E-state index in [0.29, 0.717) is 10.6 Å². The van der Waals surface area contributed by atoms with Gasteiger partial charge in [0.15, 0.2) is 5.78 Å². The Morgan fingerprint density at radius 3 is 2.36 bits per heavy atom. The summed E-state index contributed by atoms with van der Waals surface area (Å²) in [5.41, 5.74) is 6.78. The Labute approximate surface area is 75.2 Å². The molecule has 1 heterocycles. The molecular formula is C6H9ClN2OS. The van der Waals surface area contributed by atoms with Crippen LogP contribution >= 0.6 is 23.9 Å². The van der Waals surface area contributed by atoms with Gasteiger partial charge in [-0.2, -0.15) is 4.37 Å². The fourth-order valence-electron chi connectivity index (χ4n) is 0.815. The lowest BCUT2D eigenvalue weighted by molar-refractivity contribution is 0.101. The van der Waals surface area contributed by atoms with E-state index in [4.69, 9.17) is 5.73 Å². The van der Waals surface area contributed by atoms with Crippen molar-refractivity contribution in [1.82, 2.24) is 4.37 Å². The average Bonchev–Trinajstić information content (AvgIpc) is 2.11. The molecule has 5 heteroatoms. The third kappa shape index (κ3) is 1.91. The number of carbonyl (C=O) groups is 1. The number of nitrogens with zero attached hydrogens (tertiary/aromatic N) is 1. The van der Waals surface area contributed by atoms with E-state index in [1.165, 1.54) is 18.5 Å². The number of Topliss-reactive ketones (excluding diaryl/α,β-unsaturated/α-hetero) is 1. The molecule has 0 spiro atoms. The van der Waals surface area contributed by atoms with Gasteiger partial charge in [-0.25, -0.2) is 0 Å². The number of aryl methyl sites for hydroxylation is 1. The van der Waals surface area contributed by atoms with Crippen LogP contribution in [0.4, 0.5) is 5.00 Å². The van der Waals surface area contributed by atoms with Crippen molar-refractivity contribution in [2.24, 2.45) is 0 Å². The number of hydrogen-bond acceptors (Lipinski definition) is 4. The summed E-state index contributed by atoms with van der Waals surface area (Å²) in [6.45, 7) is 3.27. The molecule has 1 rings (SSSR count). The predicted octanol–water partition coefficient (Wildman–Crippen LogP) is 1.66. The summed E-state index contributed by atoms with van der Waals surface area (Å²) < 4.78 is 3.93. The second kappa shape index (κ2) is 3.69. The highest BCUT2D eigenvalue weighted by Crippen LogP contribution is 2.20. The van der Waals surface area contributed by atoms with Crippen LogP contribution in [0.1, 0.15) is 23.0 Å². The molecule has 2 N–H and O–H groups in total. The van der Waals surface area contributed by atoms with Crippen LogP contribution < -0.4 is 5.73 Å². The van der Waals surface area contributed by atoms with Crippen LogP contribution in [0.25, 0.3) is 0 Å². The van der Waals surface area contributed by atoms with Crippen molar-refractivity contribution in [3.05, 3.63) is 11.3 Å². The SMILES string of the molecule is CC(=O)c1c(C)nsc1N.Cl. The van der Waals surface area contributed by atoms with E-state index in [1.54, 1.807) is 6.92 Å². The second-order valence-electron chi connectivity index (χ2n) is 2.06. The van der Waals surface area contributed by atoms with Gasteiger partial charge in [0.05, 0.1) is 11.3 Å². The maximum absolute atomic E-state index is 10.8. The summed E-state index contributed by atoms with van der Waals surface area (Å²) in [7, 11) is 0. The molecular weight excluding hydrogens is 184 g/mol. The summed E-state index contributed by atoms with van der Waals surface area (Å²) in [5.74, 6) is -0.0104. The van der Waals surface area contributed by atoms with E-state index >= 15 is 0 Å². The summed E-state index contributed by atoms with van der Waals surface area (Å²) >= 11 is 1.17. The molecule has 0 saturated carbocycles. The highest BCUT2D eigenvalue weighted by molar-refractivity contribution is 7.10. The molecule has 0 fully saturated rings. The molecule has 0 amide bonds. The number of hydrogen-bond donors (Lipinski definition) is 1. The van der Waals surface area contributed by atoms with E-state index in [-0.39, 0.29) is 18.2 Å². The van der Waals surface area contributed by atoms with E-state index < -0.39 is 0 Å². The minimum absolute atomic E-state index is 0. The Morgan fingerprint density at radius 1 is 1.64 bits per heavy atom. The second-order valence-corrected chi connectivity index (χ2v) is 2.87. The molecule has 0 radical (unpaired) electrons. The van der Waals surface area contributed by atoms with Gasteiger partial charge in [-0.1, -0.05) is 0 Å². The monoisotopic (exact) mass is 192 g/mol. The van der Waals surface area contributed by atoms with Gasteiger partial charge in [0, 0.05) is 0 Å². The number of rotatable bonds is 1. The predicted molar refractivity (Wildman–Crippen MR) is 48.5 cm³/mol. The van der Waals surface area contributed by atoms with E-state index in [2.05, 4.69) is 4.37 Å². The molecule has 0 atom stereocenters. The first kappa shape index (κ1) is 10.4. The Morgan fingerprint density at radius 2 is 2.18 bits per heavy atom. The van der Waals surface area contributed by atoms with E-state index in [9.17, 15) is 4.79 Å². The van der Waals surface area contributed by atoms with Crippen LogP contribution in [-0.4, -0.2) is 10.2 Å². The van der Waals surface area contributed by atoms with Gasteiger partial charge in [-0.15, -0.1) is 12.4 Å². The molecule has 11 heavy (non-hydrogen) atoms. The molecule has 1 aromatic rings. The third-order valence-electron chi connectivity index (χ3n) is 1.24. The van der Waals surface area contributed by atoms with Crippen molar-refractivity contribution < 1.29 is 4.79 Å². The largest absolute Gasteiger partial charge is 0.389 e. The van der Waals surface area contributed by atoms with Gasteiger partial charge in [0.1, 0.15) is 5.00 Å². The number of carbonyl (C=O) groups excluding carboxylic acids is 1. The number of aromatic nitrogens is 1. The summed E-state index contributed by atoms with van der Waals surface area (Å²) in [6.07, 6.45) is 0. The van der Waals surface area contributed by atoms with Gasteiger partial charge in [-0.3, -0.25) is 4.79 Å². The Bertz CT molecular complexity index is 252. The fraction of sp³-hybridized carbons (Fsp3) is 0.333. The molecule has 3 nitrogen and oxygen atoms in total. The van der Waals surface area contributed by atoms with Gasteiger partial charge < -0.3 is 5.73 Å². The van der Waals surface area contributed by atoms with Crippen molar-refractivity contribution in [1.29, 1.82) is 0 Å². The molecule has 0 aliphatic rings. The van der Waals surface area contributed by atoms with Gasteiger partial charge in [0.2, 0.25) is 0 Å². The lowest BCUT2D eigenvalue weighted by Gasteiger charge is -1.90. The van der Waals surface area contributed by atoms with Crippen LogP contribution in [0, 0.1) is 6.92 Å². The first-order chi connectivity index (χ1) is 4.63. The van der Waals surface area contributed by atoms with Crippen molar-refractivity contribution in [3.63, 3.8) is 0 Å². The van der Waals surface area contributed by atoms with Crippen LogP contribution in [-0.2, 0) is 0 Å². The lowest BCUT2D eigenvalue weighted by atomic mass is 10.2. The Hall–Kier alpha value is -0.610. The zero-order valence-electron chi connectivity index (χ0n) is 6.25. The topological polar surface area (TPSA) is 56.0 Å². The Kier molecular flexibility index (Phi) is 3.48. The Balaban J connectivity index is 0.000001000. The van der Waals surface area contributed by atoms with Gasteiger partial charge >= 0.3 is 0 Å². The van der Waals surface area contributed by atoms with Gasteiger partial charge in [0.25, 0.3) is 0 Å². The number of anilines is 1. The van der Waals surface area contributed by atoms with Crippen LogP contribution in [0.3, 0.4) is 0 Å². The minimum atomic E-state index is -0.0104. The lowest BCUT2D eigenvalue weighted by Crippen LogP contribution is -1.96. The number of nitrogens with two attached hydrogens (primary N) is 1. The highest BCUT2D eigenvalue weighted by atomic mass is 35.5. The molecule has 0 saturated heterocycles. The third-order valence-corrected chi connectivity index (χ3v) is 2.01. The maximum Gasteiger partial charge on any atom is 0.164 e. The normalized spacial score (nSPS) is 8.91. The van der Waals surface area contributed by atoms with Crippen molar-refractivity contribution in [3.8, 4) is 0 Å². The molecule has 0 aromatic carbocycles. The minimum Gasteiger partial charge on any atom is -0.389 e. The van der Waals surface area contributed by atoms with Crippen LogP contribution in [0.5, 0.6) is 0 Å². The summed E-state index contributed by atoms with van der Waals surface area (Å²) in [6, 6.07) is 0. The number of ketones is 1. The van der Waals surface area contributed by atoms with E-state index in [1.807, 2.05) is 0 Å². The number of halogens is 1. The van der Waals surface area contributed by atoms with Gasteiger partial charge in [-0.05, 0) is 25.4 Å². The molecule has 0 bridgehead atoms. The highest BCUT2D eigenvalue weighted by Gasteiger charge is 2.10. The molecule has 0 aliphatic carbocycles. The van der Waals surface area contributed by atoms with Crippen molar-refractivity contribution in [2.45, 2.75) is 13.8 Å². The zero-order valence-corrected chi connectivity index (χ0v) is 7.88. The first-order valence-corrected chi connectivity index (χ1v) is 3.63. The average molecular weight is 193 g/mol. The molecule has 0 unspecified atom stereocenters. The fourth-order valence-corrected chi connectivity index (χ4v) is 1.52. The standard InChI is InChI=1S/C6H8N2OS.ClH/c1-3-5(4(2)9)6(7)10-8-3;/h7H2,1-2H3;1H. The smallest absolute Gasteiger partial charge is 0.164 e. The quantitative estimate of drug-likeness (QED) is 0.689. The number of nitrogen functional groups attached to an aromatic ring is 1. The molecule has 62 valence electrons. The van der Waals surface area contributed by atoms with Crippen LogP contribution in [0.15, 0.2) is 0 Å². The molecule has 0 aliphatic heterocycles. The van der Waals surface area contributed by atoms with E-state index in [0.717, 1.165) is 5.69 Å².